The fourth-order valence-corrected chi connectivity index (χ4v) is 9.33. The number of pyridine rings is 1. The maximum Gasteiger partial charge on any atom is 0.416 e. The first kappa shape index (κ1) is 62.4. The largest absolute Gasteiger partial charge is 0.478 e. The number of para-hydroxylation sites is 1. The van der Waals surface area contributed by atoms with Gasteiger partial charge in [-0.15, -0.1) is 0 Å². The Morgan fingerprint density at radius 2 is 0.663 bits per heavy atom. The number of rotatable bonds is 8. The number of aromatic carboxylic acids is 1. The SMILES string of the molecule is FC(F)(F)c1cc([B-](c2cc(C(F)(F)F)cc(C(F)(F)F)c2)(c2cc(C(F)(F)F)cc(C(F)(F)F)c2)c2cc(C(F)(F)F)cc(C(F)(F)F)c2)cc(C(F)(F)F)c1.O=C(O)c1cccc(-c2ccc3ccccc3[n+]2Cc2ccccc2)c1. The highest BCUT2D eigenvalue weighted by Gasteiger charge is 2.47. The molecule has 0 bridgehead atoms. The standard InChI is InChI=1S/C32H12BF24.C23H17NO2/c34-25(35,36)13-1-14(26(37,38)39)6-21(5-13)33(22-7-15(27(40,41)42)2-16(8-22)28(43,44)45,23-9-17(29(46,47)48)3-18(10-23)30(49,50)51)24-11-19(31(52,53)54)4-20(12-24)32(55,56)57;25-23(26)20-11-6-10-19(15-20)22-14-13-18-9-4-5-12-21(18)24(22)16-17-7-2-1-3-8-17/h1-12H;1-15H,16H2/q-1;/p+1. The zero-order valence-corrected chi connectivity index (χ0v) is 40.7. The Morgan fingerprint density at radius 3 is 0.976 bits per heavy atom. The molecule has 1 heterocycles. The maximum atomic E-state index is 14.2. The van der Waals surface area contributed by atoms with Gasteiger partial charge in [0.25, 0.3) is 0 Å². The summed E-state index contributed by atoms with van der Waals surface area (Å²) >= 11 is 0. The van der Waals surface area contributed by atoms with Crippen LogP contribution in [0.4, 0.5) is 105 Å². The predicted molar refractivity (Wildman–Crippen MR) is 252 cm³/mol. The van der Waals surface area contributed by atoms with E-state index in [2.05, 4.69) is 41.0 Å². The van der Waals surface area contributed by atoms with Gasteiger partial charge in [0.1, 0.15) is 6.15 Å². The van der Waals surface area contributed by atoms with Crippen molar-refractivity contribution in [1.29, 1.82) is 0 Å². The number of hydrogen-bond donors (Lipinski definition) is 1. The molecule has 438 valence electrons. The number of hydrogen-bond acceptors (Lipinski definition) is 1. The number of nitrogens with zero attached hydrogens (tertiary/aromatic N) is 1. The summed E-state index contributed by atoms with van der Waals surface area (Å²) in [6.45, 7) is 0.717. The summed E-state index contributed by atoms with van der Waals surface area (Å²) in [5, 5.41) is 10.5. The quantitative estimate of drug-likeness (QED) is 0.0936. The molecule has 8 aromatic rings. The molecule has 0 aliphatic rings. The van der Waals surface area contributed by atoms with E-state index >= 15 is 0 Å². The molecule has 0 unspecified atom stereocenters. The van der Waals surface area contributed by atoms with Gasteiger partial charge >= 0.3 is 55.4 Å². The van der Waals surface area contributed by atoms with Crippen LogP contribution in [0, 0.1) is 0 Å². The lowest BCUT2D eigenvalue weighted by molar-refractivity contribution is -0.651. The fraction of sp³-hybridized carbons (Fsp3) is 0.164. The molecule has 0 spiro atoms. The summed E-state index contributed by atoms with van der Waals surface area (Å²) in [7, 11) is 0. The van der Waals surface area contributed by atoms with Gasteiger partial charge in [-0.1, -0.05) is 97.1 Å². The fourth-order valence-electron chi connectivity index (χ4n) is 9.33. The number of carbonyl (C=O) groups is 1. The first-order valence-electron chi connectivity index (χ1n) is 23.1. The molecule has 0 aliphatic heterocycles. The van der Waals surface area contributed by atoms with E-state index in [4.69, 9.17) is 0 Å². The second-order valence-corrected chi connectivity index (χ2v) is 18.5. The Morgan fingerprint density at radius 1 is 0.349 bits per heavy atom. The lowest BCUT2D eigenvalue weighted by Crippen LogP contribution is -2.75. The van der Waals surface area contributed by atoms with E-state index in [0.29, 0.717) is 5.56 Å². The lowest BCUT2D eigenvalue weighted by atomic mass is 9.12. The van der Waals surface area contributed by atoms with Gasteiger partial charge < -0.3 is 5.11 Å². The van der Waals surface area contributed by atoms with E-state index in [1.807, 2.05) is 36.4 Å². The smallest absolute Gasteiger partial charge is 0.416 e. The third kappa shape index (κ3) is 13.8. The number of benzene rings is 7. The molecule has 7 aromatic carbocycles. The molecule has 0 radical (unpaired) electrons. The minimum atomic E-state index is -6.13. The normalized spacial score (nSPS) is 13.2. The number of alkyl halides is 24. The third-order valence-electron chi connectivity index (χ3n) is 13.0. The molecule has 0 aliphatic carbocycles. The monoisotopic (exact) mass is 1200 g/mol. The van der Waals surface area contributed by atoms with E-state index < -0.39 is 201 Å². The minimum absolute atomic E-state index is 0.293. The second kappa shape index (κ2) is 21.9. The van der Waals surface area contributed by atoms with Crippen molar-refractivity contribution >= 4 is 44.9 Å². The zero-order chi connectivity index (χ0) is 61.8. The van der Waals surface area contributed by atoms with Crippen LogP contribution in [-0.4, -0.2) is 17.2 Å². The summed E-state index contributed by atoms with van der Waals surface area (Å²) in [5.74, 6) is -0.915. The molecule has 1 aromatic heterocycles. The predicted octanol–water partition coefficient (Wildman–Crippen LogP) is 15.8. The summed E-state index contributed by atoms with van der Waals surface area (Å²) in [6.07, 6.45) is -54.8. The van der Waals surface area contributed by atoms with Crippen LogP contribution in [0.5, 0.6) is 0 Å². The van der Waals surface area contributed by atoms with Crippen molar-refractivity contribution in [2.45, 2.75) is 56.0 Å². The Hall–Kier alpha value is -8.20. The van der Waals surface area contributed by atoms with Crippen LogP contribution in [0.3, 0.4) is 0 Å². The lowest BCUT2D eigenvalue weighted by Gasteiger charge is -2.46. The van der Waals surface area contributed by atoms with E-state index in [9.17, 15) is 115 Å². The van der Waals surface area contributed by atoms with Crippen LogP contribution in [0.15, 0.2) is 164 Å². The highest BCUT2D eigenvalue weighted by molar-refractivity contribution is 7.20. The summed E-state index contributed by atoms with van der Waals surface area (Å²) in [4.78, 5) is 11.4. The van der Waals surface area contributed by atoms with Gasteiger partial charge in [0.2, 0.25) is 11.2 Å². The number of aromatic nitrogens is 1. The van der Waals surface area contributed by atoms with E-state index in [1.165, 1.54) is 5.56 Å². The molecule has 0 amide bonds. The van der Waals surface area contributed by atoms with Gasteiger partial charge in [0, 0.05) is 28.6 Å². The molecule has 8 rings (SSSR count). The topological polar surface area (TPSA) is 41.2 Å². The maximum absolute atomic E-state index is 14.2. The Kier molecular flexibility index (Phi) is 16.4. The molecular formula is C55H30BF24NO2. The third-order valence-corrected chi connectivity index (χ3v) is 13.0. The molecule has 3 nitrogen and oxygen atoms in total. The minimum Gasteiger partial charge on any atom is -0.478 e. The highest BCUT2D eigenvalue weighted by atomic mass is 19.4. The summed E-state index contributed by atoms with van der Waals surface area (Å²) in [6, 6.07) is 21.0. The molecular weight excluding hydrogens is 1170 g/mol. The Bertz CT molecular complexity index is 3260. The van der Waals surface area contributed by atoms with Crippen LogP contribution in [0.25, 0.3) is 22.2 Å². The first-order valence-corrected chi connectivity index (χ1v) is 23.1. The summed E-state index contributed by atoms with van der Waals surface area (Å²) < 4.78 is 343. The van der Waals surface area contributed by atoms with Crippen molar-refractivity contribution in [1.82, 2.24) is 0 Å². The van der Waals surface area contributed by atoms with Crippen molar-refractivity contribution in [3.8, 4) is 11.3 Å². The zero-order valence-electron chi connectivity index (χ0n) is 40.7. The number of halogens is 24. The first-order chi connectivity index (χ1) is 38.0. The van der Waals surface area contributed by atoms with Gasteiger partial charge in [0.15, 0.2) is 6.54 Å². The van der Waals surface area contributed by atoms with Gasteiger partial charge in [-0.25, -0.2) is 4.79 Å². The van der Waals surface area contributed by atoms with Crippen LogP contribution in [0.2, 0.25) is 0 Å². The number of fused-ring (bicyclic) bond motifs is 1. The van der Waals surface area contributed by atoms with Crippen LogP contribution in [0.1, 0.15) is 60.4 Å². The van der Waals surface area contributed by atoms with Crippen molar-refractivity contribution in [2.24, 2.45) is 0 Å². The van der Waals surface area contributed by atoms with Crippen molar-refractivity contribution in [3.63, 3.8) is 0 Å². The van der Waals surface area contributed by atoms with E-state index in [0.717, 1.165) is 28.7 Å². The van der Waals surface area contributed by atoms with Crippen LogP contribution >= 0.6 is 0 Å². The molecule has 0 atom stereocenters. The van der Waals surface area contributed by atoms with Crippen molar-refractivity contribution in [3.05, 3.63) is 219 Å². The number of carboxylic acid groups (broad SMARTS) is 1. The van der Waals surface area contributed by atoms with Crippen LogP contribution in [-0.2, 0) is 56.0 Å². The van der Waals surface area contributed by atoms with Crippen molar-refractivity contribution < 1.29 is 120 Å². The molecule has 0 saturated carbocycles. The molecule has 83 heavy (non-hydrogen) atoms. The van der Waals surface area contributed by atoms with Crippen molar-refractivity contribution in [2.75, 3.05) is 0 Å². The van der Waals surface area contributed by atoms with Gasteiger partial charge in [-0.05, 0) is 54.6 Å². The Balaban J connectivity index is 0.000000313. The van der Waals surface area contributed by atoms with Gasteiger partial charge in [-0.3, -0.25) is 0 Å². The molecule has 0 fully saturated rings. The average Bonchev–Trinajstić information content (AvgIpc) is 1.16. The highest BCUT2D eigenvalue weighted by Crippen LogP contribution is 2.42. The average molecular weight is 1200 g/mol. The number of carboxylic acids is 1. The van der Waals surface area contributed by atoms with E-state index in [-0.39, 0.29) is 0 Å². The molecule has 28 heteroatoms. The van der Waals surface area contributed by atoms with E-state index in [1.54, 1.807) is 18.2 Å². The van der Waals surface area contributed by atoms with Crippen LogP contribution < -0.4 is 26.4 Å². The van der Waals surface area contributed by atoms with Gasteiger partial charge in [0.05, 0.1) is 50.1 Å². The van der Waals surface area contributed by atoms with Gasteiger partial charge in [-0.2, -0.15) is 132 Å². The molecule has 1 N–H and O–H groups in total. The second-order valence-electron chi connectivity index (χ2n) is 18.5. The Labute approximate surface area is 450 Å². The summed E-state index contributed by atoms with van der Waals surface area (Å²) in [5.41, 5.74) is -25.7. The molecule has 0 saturated heterocycles.